The summed E-state index contributed by atoms with van der Waals surface area (Å²) in [7, 11) is 0. The Morgan fingerprint density at radius 2 is 1.81 bits per heavy atom. The zero-order valence-corrected chi connectivity index (χ0v) is 11.5. The van der Waals surface area contributed by atoms with Crippen LogP contribution in [0.2, 0.25) is 5.02 Å². The molecule has 0 atom stereocenters. The number of nitrogens with zero attached hydrogens (tertiary/aromatic N) is 3. The first kappa shape index (κ1) is 13.3. The third-order valence-corrected chi connectivity index (χ3v) is 3.26. The first-order chi connectivity index (χ1) is 10.1. The number of benzene rings is 2. The molecular formula is C14H11ClN4O2. The van der Waals surface area contributed by atoms with Crippen LogP contribution >= 0.6 is 11.6 Å². The second-order valence-electron chi connectivity index (χ2n) is 4.39. The van der Waals surface area contributed by atoms with Gasteiger partial charge in [0.25, 0.3) is 0 Å². The maximum atomic E-state index is 9.91. The minimum atomic E-state index is -0.00423. The molecule has 0 bridgehead atoms. The van der Waals surface area contributed by atoms with Crippen LogP contribution in [-0.4, -0.2) is 25.2 Å². The molecule has 0 saturated carbocycles. The van der Waals surface area contributed by atoms with E-state index in [-0.39, 0.29) is 17.3 Å². The summed E-state index contributed by atoms with van der Waals surface area (Å²) in [6.45, 7) is 0. The highest BCUT2D eigenvalue weighted by Gasteiger charge is 2.17. The number of hydrogen-bond acceptors (Lipinski definition) is 5. The van der Waals surface area contributed by atoms with Crippen LogP contribution in [0.3, 0.4) is 0 Å². The van der Waals surface area contributed by atoms with Crippen molar-refractivity contribution in [3.63, 3.8) is 0 Å². The molecule has 0 radical (unpaired) electrons. The monoisotopic (exact) mass is 302 g/mol. The highest BCUT2D eigenvalue weighted by Crippen LogP contribution is 2.35. The summed E-state index contributed by atoms with van der Waals surface area (Å²) in [6.07, 6.45) is 0. The van der Waals surface area contributed by atoms with E-state index in [0.29, 0.717) is 22.0 Å². The summed E-state index contributed by atoms with van der Waals surface area (Å²) in [5, 5.41) is 28.1. The number of para-hydroxylation sites is 2. The van der Waals surface area contributed by atoms with E-state index in [4.69, 9.17) is 17.3 Å². The number of rotatable bonds is 2. The molecule has 0 saturated heterocycles. The molecule has 0 spiro atoms. The molecule has 0 aliphatic rings. The van der Waals surface area contributed by atoms with E-state index in [1.807, 2.05) is 0 Å². The van der Waals surface area contributed by atoms with Crippen molar-refractivity contribution >= 4 is 17.4 Å². The number of aromatic hydroxyl groups is 2. The second kappa shape index (κ2) is 4.99. The molecule has 1 aromatic heterocycles. The van der Waals surface area contributed by atoms with E-state index in [2.05, 4.69) is 10.3 Å². The summed E-state index contributed by atoms with van der Waals surface area (Å²) in [5.41, 5.74) is 7.09. The molecule has 4 N–H and O–H groups in total. The standard InChI is InChI=1S/C14H11ClN4O2/c15-8-5-6-11(20)9(7-8)13-14(16)19(18-17-13)10-3-1-2-4-12(10)21/h1-7,20-21H,16H2. The molecule has 21 heavy (non-hydrogen) atoms. The van der Waals surface area contributed by atoms with Gasteiger partial charge in [0, 0.05) is 10.6 Å². The molecule has 2 aromatic carbocycles. The number of hydrogen-bond donors (Lipinski definition) is 3. The average molecular weight is 303 g/mol. The molecule has 6 nitrogen and oxygen atoms in total. The van der Waals surface area contributed by atoms with Crippen molar-refractivity contribution in [3.8, 4) is 28.4 Å². The summed E-state index contributed by atoms with van der Waals surface area (Å²) >= 11 is 5.92. The molecule has 0 aliphatic carbocycles. The number of halogens is 1. The Labute approximate surface area is 125 Å². The number of phenolic OH excluding ortho intramolecular Hbond substituents is 2. The lowest BCUT2D eigenvalue weighted by Crippen LogP contribution is -2.02. The lowest BCUT2D eigenvalue weighted by molar-refractivity contribution is 0.470. The van der Waals surface area contributed by atoms with Gasteiger partial charge in [-0.1, -0.05) is 28.9 Å². The van der Waals surface area contributed by atoms with Gasteiger partial charge in [-0.3, -0.25) is 0 Å². The van der Waals surface area contributed by atoms with E-state index in [0.717, 1.165) is 0 Å². The first-order valence-electron chi connectivity index (χ1n) is 6.06. The van der Waals surface area contributed by atoms with Gasteiger partial charge in [0.2, 0.25) is 0 Å². The molecule has 0 amide bonds. The second-order valence-corrected chi connectivity index (χ2v) is 4.82. The Morgan fingerprint density at radius 3 is 2.57 bits per heavy atom. The number of anilines is 1. The number of nitrogens with two attached hydrogens (primary N) is 1. The van der Waals surface area contributed by atoms with Crippen LogP contribution in [-0.2, 0) is 0 Å². The molecule has 0 unspecified atom stereocenters. The van der Waals surface area contributed by atoms with Gasteiger partial charge in [-0.25, -0.2) is 0 Å². The van der Waals surface area contributed by atoms with Gasteiger partial charge < -0.3 is 15.9 Å². The Bertz CT molecular complexity index is 816. The summed E-state index contributed by atoms with van der Waals surface area (Å²) in [5.74, 6) is 0.209. The molecule has 3 aromatic rings. The van der Waals surface area contributed by atoms with Crippen molar-refractivity contribution < 1.29 is 10.2 Å². The molecule has 0 aliphatic heterocycles. The molecule has 106 valence electrons. The van der Waals surface area contributed by atoms with E-state index in [1.54, 1.807) is 30.3 Å². The van der Waals surface area contributed by atoms with Crippen LogP contribution in [0.1, 0.15) is 0 Å². The van der Waals surface area contributed by atoms with Gasteiger partial charge >= 0.3 is 0 Å². The van der Waals surface area contributed by atoms with Crippen molar-refractivity contribution in [1.29, 1.82) is 0 Å². The largest absolute Gasteiger partial charge is 0.507 e. The lowest BCUT2D eigenvalue weighted by Gasteiger charge is -2.06. The Morgan fingerprint density at radius 1 is 1.05 bits per heavy atom. The van der Waals surface area contributed by atoms with E-state index >= 15 is 0 Å². The third-order valence-electron chi connectivity index (χ3n) is 3.03. The normalized spacial score (nSPS) is 10.7. The van der Waals surface area contributed by atoms with Gasteiger partial charge in [0.15, 0.2) is 5.82 Å². The van der Waals surface area contributed by atoms with Crippen molar-refractivity contribution in [3.05, 3.63) is 47.5 Å². The van der Waals surface area contributed by atoms with Crippen LogP contribution in [0.5, 0.6) is 11.5 Å². The average Bonchev–Trinajstić information content (AvgIpc) is 2.84. The quantitative estimate of drug-likeness (QED) is 0.676. The van der Waals surface area contributed by atoms with Gasteiger partial charge in [-0.05, 0) is 30.3 Å². The SMILES string of the molecule is Nc1c(-c2cc(Cl)ccc2O)nnn1-c1ccccc1O. The van der Waals surface area contributed by atoms with Gasteiger partial charge in [0.05, 0.1) is 0 Å². The minimum Gasteiger partial charge on any atom is -0.507 e. The number of phenols is 2. The molecule has 3 rings (SSSR count). The Balaban J connectivity index is 2.16. The fourth-order valence-electron chi connectivity index (χ4n) is 2.00. The molecule has 7 heteroatoms. The molecular weight excluding hydrogens is 292 g/mol. The van der Waals surface area contributed by atoms with Crippen molar-refractivity contribution in [1.82, 2.24) is 15.0 Å². The summed E-state index contributed by atoms with van der Waals surface area (Å²) in [6, 6.07) is 11.2. The predicted molar refractivity (Wildman–Crippen MR) is 79.5 cm³/mol. The lowest BCUT2D eigenvalue weighted by atomic mass is 10.1. The third kappa shape index (κ3) is 2.25. The van der Waals surface area contributed by atoms with Crippen LogP contribution in [0.25, 0.3) is 16.9 Å². The summed E-state index contributed by atoms with van der Waals surface area (Å²) in [4.78, 5) is 0. The maximum Gasteiger partial charge on any atom is 0.156 e. The fourth-order valence-corrected chi connectivity index (χ4v) is 2.17. The smallest absolute Gasteiger partial charge is 0.156 e. The molecule has 1 heterocycles. The fraction of sp³-hybridized carbons (Fsp3) is 0. The topological polar surface area (TPSA) is 97.2 Å². The van der Waals surface area contributed by atoms with Crippen molar-refractivity contribution in [2.75, 3.05) is 5.73 Å². The highest BCUT2D eigenvalue weighted by atomic mass is 35.5. The maximum absolute atomic E-state index is 9.91. The zero-order valence-electron chi connectivity index (χ0n) is 10.7. The van der Waals surface area contributed by atoms with Gasteiger partial charge in [-0.15, -0.1) is 5.10 Å². The minimum absolute atomic E-state index is 0.00423. The molecule has 0 fully saturated rings. The van der Waals surface area contributed by atoms with Crippen LogP contribution < -0.4 is 5.73 Å². The van der Waals surface area contributed by atoms with E-state index in [1.165, 1.54) is 16.8 Å². The number of aromatic nitrogens is 3. The number of nitrogen functional groups attached to an aromatic ring is 1. The summed E-state index contributed by atoms with van der Waals surface area (Å²) < 4.78 is 1.30. The predicted octanol–water partition coefficient (Wildman–Crippen LogP) is 2.58. The highest BCUT2D eigenvalue weighted by molar-refractivity contribution is 6.31. The Hall–Kier alpha value is -2.73. The van der Waals surface area contributed by atoms with Crippen LogP contribution in [0.15, 0.2) is 42.5 Å². The van der Waals surface area contributed by atoms with Crippen molar-refractivity contribution in [2.24, 2.45) is 0 Å². The van der Waals surface area contributed by atoms with Gasteiger partial charge in [0.1, 0.15) is 22.9 Å². The van der Waals surface area contributed by atoms with Crippen LogP contribution in [0, 0.1) is 0 Å². The first-order valence-corrected chi connectivity index (χ1v) is 6.44. The van der Waals surface area contributed by atoms with E-state index in [9.17, 15) is 10.2 Å². The Kier molecular flexibility index (Phi) is 3.15. The van der Waals surface area contributed by atoms with Crippen molar-refractivity contribution in [2.45, 2.75) is 0 Å². The van der Waals surface area contributed by atoms with Gasteiger partial charge in [-0.2, -0.15) is 4.68 Å². The van der Waals surface area contributed by atoms with Crippen LogP contribution in [0.4, 0.5) is 5.82 Å². The zero-order chi connectivity index (χ0) is 15.0. The van der Waals surface area contributed by atoms with E-state index < -0.39 is 0 Å².